The number of carbonyl (C=O) groups is 1. The van der Waals surface area contributed by atoms with E-state index in [4.69, 9.17) is 10.5 Å². The lowest BCUT2D eigenvalue weighted by molar-refractivity contribution is 0.0672. The first kappa shape index (κ1) is 13.9. The molecule has 2 rings (SSSR count). The molecule has 4 nitrogen and oxygen atoms in total. The van der Waals surface area contributed by atoms with E-state index in [1.807, 2.05) is 19.1 Å². The van der Waals surface area contributed by atoms with Crippen LogP contribution in [-0.2, 0) is 4.74 Å². The van der Waals surface area contributed by atoms with Crippen LogP contribution in [0.5, 0.6) is 0 Å². The predicted octanol–water partition coefficient (Wildman–Crippen LogP) is 2.87. The first-order chi connectivity index (χ1) is 8.95. The Hall–Kier alpha value is -1.55. The maximum absolute atomic E-state index is 11.9. The number of benzene rings is 1. The van der Waals surface area contributed by atoms with Crippen LogP contribution in [0.4, 0.5) is 10.5 Å². The van der Waals surface area contributed by atoms with Crippen molar-refractivity contribution < 1.29 is 9.53 Å². The van der Waals surface area contributed by atoms with Crippen LogP contribution in [0.2, 0.25) is 0 Å². The molecule has 1 fully saturated rings. The second-order valence-corrected chi connectivity index (χ2v) is 5.69. The van der Waals surface area contributed by atoms with E-state index in [0.717, 1.165) is 5.69 Å². The lowest BCUT2D eigenvalue weighted by Crippen LogP contribution is -2.33. The zero-order chi connectivity index (χ0) is 14.0. The van der Waals surface area contributed by atoms with E-state index in [1.165, 1.54) is 5.56 Å². The average Bonchev–Trinajstić information content (AvgIpc) is 2.65. The fraction of sp³-hybridized carbons (Fsp3) is 0.533. The molecule has 1 aromatic rings. The predicted molar refractivity (Wildman–Crippen MR) is 76.4 cm³/mol. The number of anilines is 1. The molecule has 1 aliphatic heterocycles. The Morgan fingerprint density at radius 1 is 1.37 bits per heavy atom. The van der Waals surface area contributed by atoms with Crippen molar-refractivity contribution in [3.8, 4) is 0 Å². The average molecular weight is 262 g/mol. The van der Waals surface area contributed by atoms with Crippen LogP contribution in [0.1, 0.15) is 38.7 Å². The van der Waals surface area contributed by atoms with Gasteiger partial charge in [0.15, 0.2) is 0 Å². The summed E-state index contributed by atoms with van der Waals surface area (Å²) in [7, 11) is 0. The summed E-state index contributed by atoms with van der Waals surface area (Å²) in [4.78, 5) is 13.6. The zero-order valence-electron chi connectivity index (χ0n) is 11.8. The number of nitrogens with two attached hydrogens (primary N) is 1. The summed E-state index contributed by atoms with van der Waals surface area (Å²) in [5.41, 5.74) is 7.25. The molecule has 0 aliphatic carbocycles. The Morgan fingerprint density at radius 2 is 2.00 bits per heavy atom. The lowest BCUT2D eigenvalue weighted by atomic mass is 10.0. The third kappa shape index (κ3) is 2.89. The molecular formula is C15H22N2O2. The minimum absolute atomic E-state index is 0.284. The van der Waals surface area contributed by atoms with Crippen molar-refractivity contribution in [2.24, 2.45) is 5.73 Å². The van der Waals surface area contributed by atoms with Gasteiger partial charge in [-0.3, -0.25) is 4.90 Å². The molecule has 0 spiro atoms. The molecule has 0 radical (unpaired) electrons. The van der Waals surface area contributed by atoms with Crippen LogP contribution in [0.25, 0.3) is 0 Å². The SMILES string of the molecule is CC(C)c1ccc(N2CC(C)(CCN)OC2=O)cc1. The third-order valence-corrected chi connectivity index (χ3v) is 3.59. The van der Waals surface area contributed by atoms with Gasteiger partial charge in [0, 0.05) is 12.1 Å². The van der Waals surface area contributed by atoms with Crippen molar-refractivity contribution in [2.75, 3.05) is 18.0 Å². The molecule has 1 atom stereocenters. The topological polar surface area (TPSA) is 55.6 Å². The van der Waals surface area contributed by atoms with Crippen LogP contribution in [-0.4, -0.2) is 24.8 Å². The second-order valence-electron chi connectivity index (χ2n) is 5.69. The van der Waals surface area contributed by atoms with Gasteiger partial charge in [0.25, 0.3) is 0 Å². The van der Waals surface area contributed by atoms with Crippen LogP contribution >= 0.6 is 0 Å². The summed E-state index contributed by atoms with van der Waals surface area (Å²) in [6.07, 6.45) is 0.396. The third-order valence-electron chi connectivity index (χ3n) is 3.59. The van der Waals surface area contributed by atoms with Gasteiger partial charge in [-0.2, -0.15) is 0 Å². The quantitative estimate of drug-likeness (QED) is 0.907. The number of nitrogens with zero attached hydrogens (tertiary/aromatic N) is 1. The minimum Gasteiger partial charge on any atom is -0.441 e. The highest BCUT2D eigenvalue weighted by molar-refractivity contribution is 5.90. The van der Waals surface area contributed by atoms with Crippen LogP contribution in [0.15, 0.2) is 24.3 Å². The minimum atomic E-state index is -0.470. The van der Waals surface area contributed by atoms with Crippen molar-refractivity contribution in [3.63, 3.8) is 0 Å². The summed E-state index contributed by atoms with van der Waals surface area (Å²) in [5, 5.41) is 0. The van der Waals surface area contributed by atoms with E-state index >= 15 is 0 Å². The van der Waals surface area contributed by atoms with E-state index < -0.39 is 5.60 Å². The smallest absolute Gasteiger partial charge is 0.415 e. The molecule has 2 N–H and O–H groups in total. The Morgan fingerprint density at radius 3 is 2.53 bits per heavy atom. The highest BCUT2D eigenvalue weighted by atomic mass is 16.6. The van der Waals surface area contributed by atoms with Crippen molar-refractivity contribution >= 4 is 11.8 Å². The van der Waals surface area contributed by atoms with Crippen molar-refractivity contribution in [1.82, 2.24) is 0 Å². The fourth-order valence-corrected chi connectivity index (χ4v) is 2.37. The molecule has 1 saturated heterocycles. The Kier molecular flexibility index (Phi) is 3.80. The number of hydrogen-bond donors (Lipinski definition) is 1. The van der Waals surface area contributed by atoms with Gasteiger partial charge in [-0.1, -0.05) is 26.0 Å². The lowest BCUT2D eigenvalue weighted by Gasteiger charge is -2.20. The molecule has 0 bridgehead atoms. The standard InChI is InChI=1S/C15H22N2O2/c1-11(2)12-4-6-13(7-5-12)17-10-15(3,8-9-16)19-14(17)18/h4-7,11H,8-10,16H2,1-3H3. The summed E-state index contributed by atoms with van der Waals surface area (Å²) in [6, 6.07) is 8.08. The number of amides is 1. The molecule has 1 heterocycles. The maximum Gasteiger partial charge on any atom is 0.415 e. The number of hydrogen-bond acceptors (Lipinski definition) is 3. The first-order valence-corrected chi connectivity index (χ1v) is 6.76. The normalized spacial score (nSPS) is 23.0. The van der Waals surface area contributed by atoms with Crippen molar-refractivity contribution in [2.45, 2.75) is 38.7 Å². The summed E-state index contributed by atoms with van der Waals surface area (Å²) < 4.78 is 5.44. The number of ether oxygens (including phenoxy) is 1. The molecular weight excluding hydrogens is 240 g/mol. The van der Waals surface area contributed by atoms with Crippen LogP contribution in [0.3, 0.4) is 0 Å². The Balaban J connectivity index is 2.16. The highest BCUT2D eigenvalue weighted by Crippen LogP contribution is 2.30. The van der Waals surface area contributed by atoms with Gasteiger partial charge < -0.3 is 10.5 Å². The van der Waals surface area contributed by atoms with Gasteiger partial charge in [-0.05, 0) is 37.1 Å². The largest absolute Gasteiger partial charge is 0.441 e. The van der Waals surface area contributed by atoms with Crippen LogP contribution in [0, 0.1) is 0 Å². The fourth-order valence-electron chi connectivity index (χ4n) is 2.37. The molecule has 0 aromatic heterocycles. The highest BCUT2D eigenvalue weighted by Gasteiger charge is 2.41. The van der Waals surface area contributed by atoms with E-state index in [-0.39, 0.29) is 6.09 Å². The van der Waals surface area contributed by atoms with Gasteiger partial charge in [-0.25, -0.2) is 4.79 Å². The Labute approximate surface area is 114 Å². The molecule has 1 aliphatic rings. The summed E-state index contributed by atoms with van der Waals surface area (Å²) in [5.74, 6) is 0.488. The monoisotopic (exact) mass is 262 g/mol. The second kappa shape index (κ2) is 5.21. The molecule has 19 heavy (non-hydrogen) atoms. The van der Waals surface area contributed by atoms with Gasteiger partial charge in [0.1, 0.15) is 5.60 Å². The van der Waals surface area contributed by atoms with Crippen LogP contribution < -0.4 is 10.6 Å². The van der Waals surface area contributed by atoms with E-state index in [9.17, 15) is 4.79 Å². The Bertz CT molecular complexity index is 456. The van der Waals surface area contributed by atoms with Gasteiger partial charge >= 0.3 is 6.09 Å². The number of rotatable bonds is 4. The first-order valence-electron chi connectivity index (χ1n) is 6.76. The van der Waals surface area contributed by atoms with Gasteiger partial charge in [0.2, 0.25) is 0 Å². The molecule has 0 saturated carbocycles. The van der Waals surface area contributed by atoms with Gasteiger partial charge in [-0.15, -0.1) is 0 Å². The number of carbonyl (C=O) groups excluding carboxylic acids is 1. The summed E-state index contributed by atoms with van der Waals surface area (Å²) in [6.45, 7) is 7.31. The molecule has 4 heteroatoms. The van der Waals surface area contributed by atoms with E-state index in [0.29, 0.717) is 25.4 Å². The molecule has 1 amide bonds. The molecule has 1 aromatic carbocycles. The summed E-state index contributed by atoms with van der Waals surface area (Å²) >= 11 is 0. The van der Waals surface area contributed by atoms with E-state index in [2.05, 4.69) is 26.0 Å². The number of cyclic esters (lactones) is 1. The zero-order valence-corrected chi connectivity index (χ0v) is 11.8. The van der Waals surface area contributed by atoms with Crippen molar-refractivity contribution in [3.05, 3.63) is 29.8 Å². The maximum atomic E-state index is 11.9. The van der Waals surface area contributed by atoms with E-state index in [1.54, 1.807) is 4.90 Å². The van der Waals surface area contributed by atoms with Crippen molar-refractivity contribution in [1.29, 1.82) is 0 Å². The molecule has 1 unspecified atom stereocenters. The molecule has 104 valence electrons. The van der Waals surface area contributed by atoms with Gasteiger partial charge in [0.05, 0.1) is 6.54 Å².